The summed E-state index contributed by atoms with van der Waals surface area (Å²) in [6, 6.07) is 0. The van der Waals surface area contributed by atoms with Gasteiger partial charge in [0.2, 0.25) is 0 Å². The molecule has 1 rings (SSSR count). The van der Waals surface area contributed by atoms with Gasteiger partial charge in [-0.2, -0.15) is 0 Å². The van der Waals surface area contributed by atoms with Crippen molar-refractivity contribution in [3.63, 3.8) is 0 Å². The maximum Gasteiger partial charge on any atom is 0.00371 e. The van der Waals surface area contributed by atoms with Crippen LogP contribution in [0.4, 0.5) is 0 Å². The molecule has 0 unspecified atom stereocenters. The van der Waals surface area contributed by atoms with E-state index in [1.165, 1.54) is 4.48 Å². The van der Waals surface area contributed by atoms with Crippen LogP contribution in [0.25, 0.3) is 0 Å². The standard InChI is InChI=1S/C7H7BrS/c8-6-2-1-3-7(9)5-4-6/h1,3-5,9H,2H2. The summed E-state index contributed by atoms with van der Waals surface area (Å²) in [5.74, 6) is 0. The van der Waals surface area contributed by atoms with Crippen LogP contribution in [0, 0.1) is 0 Å². The maximum atomic E-state index is 4.18. The Hall–Kier alpha value is 0.0500. The predicted octanol–water partition coefficient (Wildman–Crippen LogP) is 3.04. The van der Waals surface area contributed by atoms with Crippen LogP contribution in [0.3, 0.4) is 0 Å². The van der Waals surface area contributed by atoms with E-state index in [4.69, 9.17) is 0 Å². The maximum absolute atomic E-state index is 4.18. The molecule has 9 heavy (non-hydrogen) atoms. The van der Waals surface area contributed by atoms with Crippen LogP contribution in [-0.4, -0.2) is 0 Å². The van der Waals surface area contributed by atoms with Gasteiger partial charge in [-0.3, -0.25) is 0 Å². The highest BCUT2D eigenvalue weighted by Gasteiger charge is 1.90. The van der Waals surface area contributed by atoms with Crippen molar-refractivity contribution >= 4 is 28.6 Å². The lowest BCUT2D eigenvalue weighted by atomic mass is 10.4. The second kappa shape index (κ2) is 3.28. The van der Waals surface area contributed by atoms with Gasteiger partial charge in [-0.15, -0.1) is 12.6 Å². The Labute approximate surface area is 68.9 Å². The van der Waals surface area contributed by atoms with Crippen molar-refractivity contribution in [1.82, 2.24) is 0 Å². The molecule has 0 radical (unpaired) electrons. The largest absolute Gasteiger partial charge is 0.143 e. The molecule has 0 atom stereocenters. The van der Waals surface area contributed by atoms with Crippen molar-refractivity contribution < 1.29 is 0 Å². The Morgan fingerprint density at radius 2 is 2.22 bits per heavy atom. The van der Waals surface area contributed by atoms with Crippen molar-refractivity contribution in [3.05, 3.63) is 33.7 Å². The van der Waals surface area contributed by atoms with Crippen LogP contribution in [0.5, 0.6) is 0 Å². The molecule has 0 aromatic carbocycles. The molecular weight excluding hydrogens is 196 g/mol. The number of allylic oxidation sites excluding steroid dienone is 5. The lowest BCUT2D eigenvalue weighted by molar-refractivity contribution is 1.38. The number of halogens is 1. The summed E-state index contributed by atoms with van der Waals surface area (Å²) in [5, 5.41) is 0. The fourth-order valence-electron chi connectivity index (χ4n) is 0.592. The second-order valence-electron chi connectivity index (χ2n) is 1.81. The number of hydrogen-bond acceptors (Lipinski definition) is 1. The van der Waals surface area contributed by atoms with Crippen LogP contribution in [0.15, 0.2) is 33.7 Å². The lowest BCUT2D eigenvalue weighted by Gasteiger charge is -1.83. The molecular formula is C7H7BrS. The predicted molar refractivity (Wildman–Crippen MR) is 47.8 cm³/mol. The summed E-state index contributed by atoms with van der Waals surface area (Å²) < 4.78 is 1.20. The molecule has 0 amide bonds. The smallest absolute Gasteiger partial charge is 0.00371 e. The van der Waals surface area contributed by atoms with Gasteiger partial charge in [0.25, 0.3) is 0 Å². The molecule has 0 aromatic heterocycles. The Balaban J connectivity index is 2.80. The van der Waals surface area contributed by atoms with Gasteiger partial charge in [-0.05, 0) is 17.0 Å². The molecule has 0 saturated heterocycles. The van der Waals surface area contributed by atoms with E-state index < -0.39 is 0 Å². The van der Waals surface area contributed by atoms with Gasteiger partial charge in [0.15, 0.2) is 0 Å². The molecule has 1 aliphatic rings. The van der Waals surface area contributed by atoms with E-state index in [1.807, 2.05) is 18.2 Å². The van der Waals surface area contributed by atoms with Crippen molar-refractivity contribution in [1.29, 1.82) is 0 Å². The Kier molecular flexibility index (Phi) is 2.61. The molecule has 0 nitrogen and oxygen atoms in total. The van der Waals surface area contributed by atoms with Gasteiger partial charge in [0.05, 0.1) is 0 Å². The molecule has 0 spiro atoms. The summed E-state index contributed by atoms with van der Waals surface area (Å²) >= 11 is 7.58. The zero-order chi connectivity index (χ0) is 6.69. The molecule has 48 valence electrons. The third-order valence-corrected chi connectivity index (χ3v) is 1.92. The van der Waals surface area contributed by atoms with Crippen molar-refractivity contribution in [2.75, 3.05) is 0 Å². The van der Waals surface area contributed by atoms with Gasteiger partial charge in [-0.1, -0.05) is 34.2 Å². The number of rotatable bonds is 0. The third-order valence-electron chi connectivity index (χ3n) is 1.04. The highest BCUT2D eigenvalue weighted by molar-refractivity contribution is 9.11. The number of hydrogen-bond donors (Lipinski definition) is 1. The van der Waals surface area contributed by atoms with Crippen LogP contribution in [0.2, 0.25) is 0 Å². The Morgan fingerprint density at radius 1 is 1.44 bits per heavy atom. The van der Waals surface area contributed by atoms with Crippen molar-refractivity contribution in [2.24, 2.45) is 0 Å². The number of thiol groups is 1. The van der Waals surface area contributed by atoms with E-state index in [0.717, 1.165) is 11.3 Å². The first-order valence-electron chi connectivity index (χ1n) is 2.71. The highest BCUT2D eigenvalue weighted by atomic mass is 79.9. The van der Waals surface area contributed by atoms with Crippen LogP contribution < -0.4 is 0 Å². The van der Waals surface area contributed by atoms with Gasteiger partial charge < -0.3 is 0 Å². The van der Waals surface area contributed by atoms with Crippen LogP contribution >= 0.6 is 28.6 Å². The first-order valence-corrected chi connectivity index (χ1v) is 3.95. The molecule has 1 aliphatic carbocycles. The SMILES string of the molecule is SC1=CC=C(Br)CC=C1. The zero-order valence-electron chi connectivity index (χ0n) is 4.84. The van der Waals surface area contributed by atoms with E-state index in [9.17, 15) is 0 Å². The topological polar surface area (TPSA) is 0 Å². The zero-order valence-corrected chi connectivity index (χ0v) is 7.32. The third kappa shape index (κ3) is 2.41. The minimum atomic E-state index is 0.973. The average Bonchev–Trinajstić information content (AvgIpc) is 1.97. The van der Waals surface area contributed by atoms with Gasteiger partial charge in [0.1, 0.15) is 0 Å². The molecule has 2 heteroatoms. The Bertz CT molecular complexity index is 189. The molecule has 0 aromatic rings. The first kappa shape index (κ1) is 7.16. The molecule has 0 heterocycles. The summed E-state index contributed by atoms with van der Waals surface area (Å²) in [7, 11) is 0. The average molecular weight is 203 g/mol. The normalized spacial score (nSPS) is 18.4. The Morgan fingerprint density at radius 3 is 3.00 bits per heavy atom. The second-order valence-corrected chi connectivity index (χ2v) is 3.35. The van der Waals surface area contributed by atoms with Gasteiger partial charge in [-0.25, -0.2) is 0 Å². The minimum Gasteiger partial charge on any atom is -0.143 e. The molecule has 0 saturated carbocycles. The van der Waals surface area contributed by atoms with Gasteiger partial charge >= 0.3 is 0 Å². The van der Waals surface area contributed by atoms with Crippen molar-refractivity contribution in [3.8, 4) is 0 Å². The van der Waals surface area contributed by atoms with E-state index >= 15 is 0 Å². The monoisotopic (exact) mass is 202 g/mol. The fourth-order valence-corrected chi connectivity index (χ4v) is 1.09. The first-order chi connectivity index (χ1) is 4.29. The quantitative estimate of drug-likeness (QED) is 0.574. The molecule has 0 aliphatic heterocycles. The molecule has 0 bridgehead atoms. The van der Waals surface area contributed by atoms with Crippen LogP contribution in [-0.2, 0) is 0 Å². The highest BCUT2D eigenvalue weighted by Crippen LogP contribution is 2.17. The van der Waals surface area contributed by atoms with E-state index in [1.54, 1.807) is 0 Å². The minimum absolute atomic E-state index is 0.973. The van der Waals surface area contributed by atoms with E-state index in [-0.39, 0.29) is 0 Å². The lowest BCUT2D eigenvalue weighted by Crippen LogP contribution is -1.60. The summed E-state index contributed by atoms with van der Waals surface area (Å²) in [6.45, 7) is 0. The fraction of sp³-hybridized carbons (Fsp3) is 0.143. The van der Waals surface area contributed by atoms with Crippen molar-refractivity contribution in [2.45, 2.75) is 6.42 Å². The van der Waals surface area contributed by atoms with Gasteiger partial charge in [0, 0.05) is 4.91 Å². The summed E-state index contributed by atoms with van der Waals surface area (Å²) in [5.41, 5.74) is 0. The van der Waals surface area contributed by atoms with Crippen LogP contribution in [0.1, 0.15) is 6.42 Å². The summed E-state index contributed by atoms with van der Waals surface area (Å²) in [6.07, 6.45) is 9.03. The summed E-state index contributed by atoms with van der Waals surface area (Å²) in [4.78, 5) is 1.00. The van der Waals surface area contributed by atoms with E-state index in [0.29, 0.717) is 0 Å². The molecule has 0 fully saturated rings. The molecule has 0 N–H and O–H groups in total. The van der Waals surface area contributed by atoms with E-state index in [2.05, 4.69) is 34.6 Å².